The Morgan fingerprint density at radius 2 is 2.31 bits per heavy atom. The van der Waals surface area contributed by atoms with E-state index in [1.54, 1.807) is 5.57 Å². The average molecular weight is 176 g/mol. The van der Waals surface area contributed by atoms with Crippen molar-refractivity contribution >= 4 is 7.28 Å². The fourth-order valence-corrected chi connectivity index (χ4v) is 2.67. The van der Waals surface area contributed by atoms with Crippen LogP contribution in [-0.2, 0) is 0 Å². The van der Waals surface area contributed by atoms with Crippen molar-refractivity contribution in [3.05, 3.63) is 11.6 Å². The van der Waals surface area contributed by atoms with Gasteiger partial charge in [0, 0.05) is 0 Å². The highest BCUT2D eigenvalue weighted by Crippen LogP contribution is 2.48. The van der Waals surface area contributed by atoms with Crippen molar-refractivity contribution in [1.82, 2.24) is 0 Å². The molecular weight excluding hydrogens is 155 g/mol. The Morgan fingerprint density at radius 1 is 1.62 bits per heavy atom. The molecule has 4 unspecified atom stereocenters. The molecule has 0 amide bonds. The van der Waals surface area contributed by atoms with Crippen molar-refractivity contribution in [3.8, 4) is 0 Å². The van der Waals surface area contributed by atoms with E-state index >= 15 is 0 Å². The Labute approximate surface area is 83.0 Å². The molecule has 1 fully saturated rings. The molecule has 0 aromatic heterocycles. The number of rotatable bonds is 3. The highest BCUT2D eigenvalue weighted by atomic mass is 14.3. The van der Waals surface area contributed by atoms with E-state index in [1.807, 2.05) is 0 Å². The SMILES string of the molecule is CCC(C)C1C=C(C2BCC2C)C1. The van der Waals surface area contributed by atoms with Gasteiger partial charge in [0.15, 0.2) is 0 Å². The molecule has 0 aromatic rings. The minimum atomic E-state index is 0.916. The maximum Gasteiger partial charge on any atom is 0.129 e. The van der Waals surface area contributed by atoms with Crippen LogP contribution in [0.1, 0.15) is 33.6 Å². The van der Waals surface area contributed by atoms with Crippen LogP contribution in [0.25, 0.3) is 0 Å². The van der Waals surface area contributed by atoms with Gasteiger partial charge in [-0.1, -0.05) is 51.1 Å². The lowest BCUT2D eigenvalue weighted by Gasteiger charge is -2.42. The summed E-state index contributed by atoms with van der Waals surface area (Å²) in [5.41, 5.74) is 1.80. The van der Waals surface area contributed by atoms with Crippen LogP contribution in [0.5, 0.6) is 0 Å². The molecule has 0 N–H and O–H groups in total. The molecule has 2 aliphatic rings. The Morgan fingerprint density at radius 3 is 2.69 bits per heavy atom. The number of allylic oxidation sites excluding steroid dienone is 2. The molecule has 1 aliphatic carbocycles. The van der Waals surface area contributed by atoms with Gasteiger partial charge in [0.2, 0.25) is 0 Å². The second-order valence-electron chi connectivity index (χ2n) is 5.16. The molecule has 1 aliphatic heterocycles. The molecule has 2 rings (SSSR count). The van der Waals surface area contributed by atoms with Crippen LogP contribution in [-0.4, -0.2) is 7.28 Å². The first kappa shape index (κ1) is 9.36. The summed E-state index contributed by atoms with van der Waals surface area (Å²) in [5, 5.41) is 0. The smallest absolute Gasteiger partial charge is 0.0820 e. The van der Waals surface area contributed by atoms with Crippen molar-refractivity contribution < 1.29 is 0 Å². The van der Waals surface area contributed by atoms with E-state index < -0.39 is 0 Å². The van der Waals surface area contributed by atoms with Gasteiger partial charge < -0.3 is 0 Å². The lowest BCUT2D eigenvalue weighted by atomic mass is 9.39. The first-order chi connectivity index (χ1) is 6.22. The van der Waals surface area contributed by atoms with Gasteiger partial charge >= 0.3 is 0 Å². The Hall–Kier alpha value is -0.195. The lowest BCUT2D eigenvalue weighted by Crippen LogP contribution is -2.32. The zero-order valence-corrected chi connectivity index (χ0v) is 9.22. The molecule has 0 radical (unpaired) electrons. The molecule has 0 spiro atoms. The third kappa shape index (κ3) is 1.58. The minimum absolute atomic E-state index is 0.916. The van der Waals surface area contributed by atoms with E-state index in [2.05, 4.69) is 26.8 Å². The first-order valence-electron chi connectivity index (χ1n) is 5.93. The Balaban J connectivity index is 1.86. The Kier molecular flexibility index (Phi) is 2.53. The number of hydrogen-bond donors (Lipinski definition) is 0. The monoisotopic (exact) mass is 176 g/mol. The van der Waals surface area contributed by atoms with Crippen LogP contribution >= 0.6 is 0 Å². The summed E-state index contributed by atoms with van der Waals surface area (Å²) in [5.74, 6) is 3.82. The molecule has 0 aromatic carbocycles. The lowest BCUT2D eigenvalue weighted by molar-refractivity contribution is 0.362. The summed E-state index contributed by atoms with van der Waals surface area (Å²) in [7, 11) is 1.47. The molecular formula is C12H21B. The average Bonchev–Trinajstić information content (AvgIpc) is 2.06. The molecule has 0 nitrogen and oxygen atoms in total. The minimum Gasteiger partial charge on any atom is -0.0820 e. The molecule has 13 heavy (non-hydrogen) atoms. The van der Waals surface area contributed by atoms with Crippen LogP contribution in [0.15, 0.2) is 11.6 Å². The van der Waals surface area contributed by atoms with Crippen LogP contribution in [0, 0.1) is 17.8 Å². The maximum atomic E-state index is 2.58. The first-order valence-corrected chi connectivity index (χ1v) is 5.93. The molecule has 1 heterocycles. The summed E-state index contributed by atoms with van der Waals surface area (Å²) in [4.78, 5) is 0. The van der Waals surface area contributed by atoms with Crippen molar-refractivity contribution in [3.63, 3.8) is 0 Å². The van der Waals surface area contributed by atoms with E-state index in [1.165, 1.54) is 26.4 Å². The van der Waals surface area contributed by atoms with Crippen molar-refractivity contribution in [2.75, 3.05) is 0 Å². The van der Waals surface area contributed by atoms with Crippen LogP contribution in [0.2, 0.25) is 12.1 Å². The summed E-state index contributed by atoms with van der Waals surface area (Å²) >= 11 is 0. The highest BCUT2D eigenvalue weighted by molar-refractivity contribution is 6.43. The van der Waals surface area contributed by atoms with Gasteiger partial charge in [-0.25, -0.2) is 0 Å². The maximum absolute atomic E-state index is 2.58. The predicted octanol–water partition coefficient (Wildman–Crippen LogP) is 3.27. The fraction of sp³-hybridized carbons (Fsp3) is 0.833. The largest absolute Gasteiger partial charge is 0.129 e. The molecule has 4 atom stereocenters. The number of hydrogen-bond acceptors (Lipinski definition) is 0. The van der Waals surface area contributed by atoms with Gasteiger partial charge in [-0.15, -0.1) is 0 Å². The van der Waals surface area contributed by atoms with Crippen molar-refractivity contribution in [2.45, 2.75) is 45.8 Å². The summed E-state index contributed by atoms with van der Waals surface area (Å²) < 4.78 is 0. The van der Waals surface area contributed by atoms with E-state index in [-0.39, 0.29) is 0 Å². The molecule has 1 saturated heterocycles. The summed E-state index contributed by atoms with van der Waals surface area (Å²) in [6.45, 7) is 7.11. The van der Waals surface area contributed by atoms with Crippen LogP contribution in [0.3, 0.4) is 0 Å². The van der Waals surface area contributed by atoms with E-state index in [0.29, 0.717) is 0 Å². The zero-order chi connectivity index (χ0) is 9.42. The third-order valence-electron chi connectivity index (χ3n) is 4.37. The van der Waals surface area contributed by atoms with Gasteiger partial charge in [0.25, 0.3) is 0 Å². The van der Waals surface area contributed by atoms with E-state index in [4.69, 9.17) is 0 Å². The third-order valence-corrected chi connectivity index (χ3v) is 4.37. The van der Waals surface area contributed by atoms with Gasteiger partial charge in [0.1, 0.15) is 7.28 Å². The summed E-state index contributed by atoms with van der Waals surface area (Å²) in [6.07, 6.45) is 6.81. The standard InChI is InChI=1S/C12H21B/c1-4-8(2)10-5-11(6-10)12-9(3)7-13-12/h5,8-10,12-13H,4,6-7H2,1-3H3. The molecule has 1 heteroatoms. The molecule has 0 bridgehead atoms. The van der Waals surface area contributed by atoms with Crippen LogP contribution < -0.4 is 0 Å². The molecule has 72 valence electrons. The topological polar surface area (TPSA) is 0 Å². The zero-order valence-electron chi connectivity index (χ0n) is 9.22. The fourth-order valence-electron chi connectivity index (χ4n) is 2.67. The van der Waals surface area contributed by atoms with Gasteiger partial charge in [-0.3, -0.25) is 0 Å². The van der Waals surface area contributed by atoms with Gasteiger partial charge in [-0.05, 0) is 24.1 Å². The van der Waals surface area contributed by atoms with Gasteiger partial charge in [-0.2, -0.15) is 0 Å². The van der Waals surface area contributed by atoms with Crippen molar-refractivity contribution in [2.24, 2.45) is 17.8 Å². The molecule has 0 saturated carbocycles. The second kappa shape index (κ2) is 3.51. The van der Waals surface area contributed by atoms with E-state index in [9.17, 15) is 0 Å². The summed E-state index contributed by atoms with van der Waals surface area (Å²) in [6, 6.07) is 0. The normalized spacial score (nSPS) is 39.6. The second-order valence-corrected chi connectivity index (χ2v) is 5.16. The van der Waals surface area contributed by atoms with Crippen molar-refractivity contribution in [1.29, 1.82) is 0 Å². The van der Waals surface area contributed by atoms with Crippen LogP contribution in [0.4, 0.5) is 0 Å². The quantitative estimate of drug-likeness (QED) is 0.457. The van der Waals surface area contributed by atoms with E-state index in [0.717, 1.165) is 23.6 Å². The highest BCUT2D eigenvalue weighted by Gasteiger charge is 2.36. The predicted molar refractivity (Wildman–Crippen MR) is 60.5 cm³/mol. The van der Waals surface area contributed by atoms with Gasteiger partial charge in [0.05, 0.1) is 0 Å². The Bertz CT molecular complexity index is 219.